The first-order valence-electron chi connectivity index (χ1n) is 10.6. The molecule has 2 amide bonds. The summed E-state index contributed by atoms with van der Waals surface area (Å²) in [7, 11) is 0. The van der Waals surface area contributed by atoms with Gasteiger partial charge in [-0.1, -0.05) is 30.3 Å². The Balaban J connectivity index is 1.89. The summed E-state index contributed by atoms with van der Waals surface area (Å²) in [4.78, 5) is 11.4. The Morgan fingerprint density at radius 2 is 1.71 bits per heavy atom. The zero-order valence-electron chi connectivity index (χ0n) is 18.3. The molecule has 1 unspecified atom stereocenters. The predicted molar refractivity (Wildman–Crippen MR) is 113 cm³/mol. The number of rotatable bonds is 6. The maximum atomic E-state index is 13.2. The Hall–Kier alpha value is -2.79. The number of amides is 2. The number of urea groups is 1. The van der Waals surface area contributed by atoms with Gasteiger partial charge in [0, 0.05) is 6.04 Å². The highest BCUT2D eigenvalue weighted by Crippen LogP contribution is 2.39. The summed E-state index contributed by atoms with van der Waals surface area (Å²) in [5.41, 5.74) is 2.19. The molecule has 2 aromatic rings. The first kappa shape index (κ1) is 25.8. The highest BCUT2D eigenvalue weighted by molar-refractivity contribution is 5.72. The molecule has 0 saturated carbocycles. The van der Waals surface area contributed by atoms with Gasteiger partial charge in [0.05, 0.1) is 29.4 Å². The molecule has 1 aliphatic rings. The van der Waals surface area contributed by atoms with Gasteiger partial charge >= 0.3 is 18.4 Å². The summed E-state index contributed by atoms with van der Waals surface area (Å²) in [6, 6.07) is 9.52. The van der Waals surface area contributed by atoms with Crippen molar-refractivity contribution in [2.24, 2.45) is 5.73 Å². The maximum Gasteiger partial charge on any atom is 0.416 e. The highest BCUT2D eigenvalue weighted by atomic mass is 19.4. The van der Waals surface area contributed by atoms with Crippen LogP contribution >= 0.6 is 0 Å². The minimum atomic E-state index is -4.94. The van der Waals surface area contributed by atoms with Crippen molar-refractivity contribution in [2.75, 3.05) is 13.2 Å². The molecule has 4 N–H and O–H groups in total. The van der Waals surface area contributed by atoms with Crippen LogP contribution in [0.4, 0.5) is 31.1 Å². The lowest BCUT2D eigenvalue weighted by atomic mass is 9.80. The highest BCUT2D eigenvalue weighted by Gasteiger charge is 2.40. The first-order valence-corrected chi connectivity index (χ1v) is 10.6. The van der Waals surface area contributed by atoms with Gasteiger partial charge < -0.3 is 21.1 Å². The third-order valence-electron chi connectivity index (χ3n) is 5.88. The second-order valence-corrected chi connectivity index (χ2v) is 8.37. The number of carbonyl (C=O) groups excluding carboxylic acids is 1. The minimum absolute atomic E-state index is 0.0628. The maximum absolute atomic E-state index is 13.2. The quantitative estimate of drug-likeness (QED) is 0.493. The van der Waals surface area contributed by atoms with E-state index in [2.05, 4.69) is 10.6 Å². The van der Waals surface area contributed by atoms with E-state index >= 15 is 0 Å². The van der Waals surface area contributed by atoms with Crippen molar-refractivity contribution in [1.82, 2.24) is 10.6 Å². The van der Waals surface area contributed by atoms with Crippen LogP contribution in [0.1, 0.15) is 48.1 Å². The zero-order chi connectivity index (χ0) is 25.1. The number of nitrogens with two attached hydrogens (primary N) is 1. The molecule has 34 heavy (non-hydrogen) atoms. The zero-order valence-corrected chi connectivity index (χ0v) is 18.3. The van der Waals surface area contributed by atoms with Crippen LogP contribution in [0.2, 0.25) is 0 Å². The number of carbonyl (C=O) groups is 1. The molecule has 3 atom stereocenters. The number of nitrogens with one attached hydrogen (secondary N) is 2. The number of hydrogen-bond donors (Lipinski definition) is 3. The van der Waals surface area contributed by atoms with E-state index < -0.39 is 41.2 Å². The summed E-state index contributed by atoms with van der Waals surface area (Å²) < 4.78 is 85.3. The molecular formula is C23H25F6N3O2. The Bertz CT molecular complexity index is 964. The topological polar surface area (TPSA) is 76.4 Å². The van der Waals surface area contributed by atoms with Crippen LogP contribution in [0.25, 0.3) is 0 Å². The molecule has 0 spiro atoms. The van der Waals surface area contributed by atoms with E-state index in [-0.39, 0.29) is 24.3 Å². The normalized spacial score (nSPS) is 22.3. The van der Waals surface area contributed by atoms with E-state index in [0.717, 1.165) is 5.56 Å². The summed E-state index contributed by atoms with van der Waals surface area (Å²) in [5, 5.41) is 6.02. The van der Waals surface area contributed by atoms with Gasteiger partial charge in [0.1, 0.15) is 0 Å². The molecule has 0 bridgehead atoms. The number of hydrogen-bond acceptors (Lipinski definition) is 3. The van der Waals surface area contributed by atoms with Crippen LogP contribution in [-0.2, 0) is 22.6 Å². The smallest absolute Gasteiger partial charge is 0.372 e. The molecule has 1 aliphatic heterocycles. The lowest BCUT2D eigenvalue weighted by Gasteiger charge is -2.43. The summed E-state index contributed by atoms with van der Waals surface area (Å²) in [6.07, 6.45) is -10.0. The third kappa shape index (κ3) is 6.20. The molecule has 11 heteroatoms. The van der Waals surface area contributed by atoms with Gasteiger partial charge in [0.25, 0.3) is 0 Å². The van der Waals surface area contributed by atoms with Crippen molar-refractivity contribution < 1.29 is 35.9 Å². The van der Waals surface area contributed by atoms with Crippen LogP contribution < -0.4 is 16.4 Å². The van der Waals surface area contributed by atoms with E-state index in [9.17, 15) is 31.1 Å². The summed E-state index contributed by atoms with van der Waals surface area (Å²) in [6.45, 7) is 1.82. The Kier molecular flexibility index (Phi) is 7.47. The molecule has 186 valence electrons. The van der Waals surface area contributed by atoms with E-state index in [0.29, 0.717) is 31.5 Å². The lowest BCUT2D eigenvalue weighted by molar-refractivity contribution is -0.143. The fraction of sp³-hybridized carbons (Fsp3) is 0.435. The van der Waals surface area contributed by atoms with Crippen molar-refractivity contribution in [3.63, 3.8) is 0 Å². The summed E-state index contributed by atoms with van der Waals surface area (Å²) in [5.74, 6) is 0. The largest absolute Gasteiger partial charge is 0.416 e. The number of halogens is 6. The van der Waals surface area contributed by atoms with Crippen molar-refractivity contribution in [3.05, 3.63) is 70.8 Å². The van der Waals surface area contributed by atoms with Crippen molar-refractivity contribution in [3.8, 4) is 0 Å². The fourth-order valence-electron chi connectivity index (χ4n) is 4.15. The number of benzene rings is 2. The van der Waals surface area contributed by atoms with Gasteiger partial charge in [0.2, 0.25) is 0 Å². The van der Waals surface area contributed by atoms with Gasteiger partial charge in [-0.15, -0.1) is 0 Å². The fourth-order valence-corrected chi connectivity index (χ4v) is 4.15. The van der Waals surface area contributed by atoms with Crippen molar-refractivity contribution in [1.29, 1.82) is 0 Å². The van der Waals surface area contributed by atoms with Gasteiger partial charge in [-0.3, -0.25) is 0 Å². The second-order valence-electron chi connectivity index (χ2n) is 8.37. The number of primary amides is 1. The van der Waals surface area contributed by atoms with E-state index in [1.165, 1.54) is 6.92 Å². The molecule has 1 fully saturated rings. The lowest BCUT2D eigenvalue weighted by Crippen LogP contribution is -2.57. The number of ether oxygens (including phenoxy) is 1. The van der Waals surface area contributed by atoms with Gasteiger partial charge in [-0.2, -0.15) is 26.3 Å². The number of alkyl halides is 6. The molecule has 3 rings (SSSR count). The van der Waals surface area contributed by atoms with Gasteiger partial charge in [-0.25, -0.2) is 4.79 Å². The molecule has 5 nitrogen and oxygen atoms in total. The van der Waals surface area contributed by atoms with Crippen LogP contribution in [0.5, 0.6) is 0 Å². The Morgan fingerprint density at radius 3 is 2.24 bits per heavy atom. The first-order chi connectivity index (χ1) is 15.8. The summed E-state index contributed by atoms with van der Waals surface area (Å²) >= 11 is 0. The van der Waals surface area contributed by atoms with Crippen LogP contribution in [-0.4, -0.2) is 25.2 Å². The van der Waals surface area contributed by atoms with Gasteiger partial charge in [-0.05, 0) is 55.6 Å². The third-order valence-corrected chi connectivity index (χ3v) is 5.88. The molecule has 1 heterocycles. The van der Waals surface area contributed by atoms with E-state index in [1.807, 2.05) is 18.2 Å². The molecular weight excluding hydrogens is 464 g/mol. The van der Waals surface area contributed by atoms with Crippen LogP contribution in [0, 0.1) is 0 Å². The van der Waals surface area contributed by atoms with Crippen molar-refractivity contribution >= 4 is 6.03 Å². The molecule has 0 radical (unpaired) electrons. The average Bonchev–Trinajstić information content (AvgIpc) is 2.76. The predicted octanol–water partition coefficient (Wildman–Crippen LogP) is 5.12. The molecule has 0 aliphatic carbocycles. The van der Waals surface area contributed by atoms with Crippen molar-refractivity contribution in [2.45, 2.75) is 49.8 Å². The Morgan fingerprint density at radius 1 is 1.12 bits per heavy atom. The molecule has 2 aromatic carbocycles. The monoisotopic (exact) mass is 489 g/mol. The number of piperidine rings is 1. The average molecular weight is 489 g/mol. The van der Waals surface area contributed by atoms with E-state index in [4.69, 9.17) is 10.5 Å². The van der Waals surface area contributed by atoms with Crippen LogP contribution in [0.15, 0.2) is 48.5 Å². The van der Waals surface area contributed by atoms with Crippen LogP contribution in [0.3, 0.4) is 0 Å². The van der Waals surface area contributed by atoms with Gasteiger partial charge in [0.15, 0.2) is 0 Å². The minimum Gasteiger partial charge on any atom is -0.372 e. The standard InChI is InChI=1S/C23H25F6N3O2/c1-14(15-9-17(22(24,25)26)11-18(10-15)23(27,28)29)34-13-21(16-5-3-2-4-6-16)12-19(7-8-31-21)32-20(30)33/h2-6,9-11,14,19,31H,7-8,12-13H2,1H3,(H3,30,32,33)/t14-,19?,21-/m1/s1. The van der Waals surface area contributed by atoms with E-state index in [1.54, 1.807) is 12.1 Å². The second kappa shape index (κ2) is 9.83. The Labute approximate surface area is 192 Å². The SMILES string of the molecule is C[C@@H](OC[C@@]1(c2ccccc2)CC(NC(N)=O)CCN1)c1cc(C(F)(F)F)cc(C(F)(F)F)c1. The molecule has 0 aromatic heterocycles. The molecule has 1 saturated heterocycles.